The van der Waals surface area contributed by atoms with Gasteiger partial charge in [0.2, 0.25) is 0 Å². The van der Waals surface area contributed by atoms with Gasteiger partial charge in [0.15, 0.2) is 0 Å². The summed E-state index contributed by atoms with van der Waals surface area (Å²) in [7, 11) is 0. The topological polar surface area (TPSA) is 42.2 Å². The van der Waals surface area contributed by atoms with Crippen LogP contribution in [0.5, 0.6) is 0 Å². The molecule has 0 unspecified atom stereocenters. The van der Waals surface area contributed by atoms with E-state index in [4.69, 9.17) is 4.42 Å². The number of carbonyl (C=O) groups is 1. The van der Waals surface area contributed by atoms with Crippen LogP contribution in [-0.4, -0.2) is 5.91 Å². The Kier molecular flexibility index (Phi) is 3.39. The van der Waals surface area contributed by atoms with Crippen LogP contribution in [0, 0.1) is 6.92 Å². The van der Waals surface area contributed by atoms with Gasteiger partial charge in [-0.1, -0.05) is 24.3 Å². The van der Waals surface area contributed by atoms with Gasteiger partial charge in [-0.25, -0.2) is 0 Å². The molecule has 3 aromatic rings. The summed E-state index contributed by atoms with van der Waals surface area (Å²) in [5, 5.41) is 4.97. The van der Waals surface area contributed by atoms with Crippen molar-refractivity contribution in [3.63, 3.8) is 0 Å². The Morgan fingerprint density at radius 1 is 1.15 bits per heavy atom. The van der Waals surface area contributed by atoms with Crippen LogP contribution in [0.1, 0.15) is 16.1 Å². The Balaban J connectivity index is 1.92. The molecule has 0 radical (unpaired) electrons. The van der Waals surface area contributed by atoms with E-state index in [0.29, 0.717) is 11.3 Å². The minimum Gasteiger partial charge on any atom is -0.469 e. The molecule has 0 saturated heterocycles. The number of furan rings is 1. The number of carbonyl (C=O) groups excluding carboxylic acids is 1. The summed E-state index contributed by atoms with van der Waals surface area (Å²) >= 11 is 1.65. The van der Waals surface area contributed by atoms with Gasteiger partial charge in [0.25, 0.3) is 5.91 Å². The molecule has 0 fully saturated rings. The van der Waals surface area contributed by atoms with Gasteiger partial charge < -0.3 is 9.73 Å². The highest BCUT2D eigenvalue weighted by Crippen LogP contribution is 2.31. The predicted molar refractivity (Wildman–Crippen MR) is 81.2 cm³/mol. The number of hydrogen-bond donors (Lipinski definition) is 1. The molecule has 0 aliphatic rings. The lowest BCUT2D eigenvalue weighted by Gasteiger charge is -2.09. The van der Waals surface area contributed by atoms with Crippen LogP contribution >= 0.6 is 11.3 Å². The number of thiophene rings is 1. The number of hydrogen-bond acceptors (Lipinski definition) is 3. The van der Waals surface area contributed by atoms with Gasteiger partial charge in [-0.2, -0.15) is 0 Å². The lowest BCUT2D eigenvalue weighted by atomic mass is 10.1. The third-order valence-corrected chi connectivity index (χ3v) is 3.97. The average molecular weight is 283 g/mol. The molecule has 1 amide bonds. The van der Waals surface area contributed by atoms with Gasteiger partial charge in [-0.3, -0.25) is 4.79 Å². The van der Waals surface area contributed by atoms with Crippen molar-refractivity contribution >= 4 is 22.9 Å². The second kappa shape index (κ2) is 5.35. The number of benzene rings is 1. The second-order valence-electron chi connectivity index (χ2n) is 4.37. The molecular formula is C16H13NO2S. The fourth-order valence-corrected chi connectivity index (χ4v) is 2.81. The van der Waals surface area contributed by atoms with Crippen LogP contribution in [0.15, 0.2) is 58.5 Å². The monoisotopic (exact) mass is 283 g/mol. The number of para-hydroxylation sites is 1. The Morgan fingerprint density at radius 2 is 2.00 bits per heavy atom. The molecular weight excluding hydrogens is 270 g/mol. The third-order valence-electron chi connectivity index (χ3n) is 3.07. The number of nitrogens with one attached hydrogen (secondary N) is 1. The molecule has 3 nitrogen and oxygen atoms in total. The molecule has 0 spiro atoms. The van der Waals surface area contributed by atoms with Crippen LogP contribution in [-0.2, 0) is 0 Å². The van der Waals surface area contributed by atoms with Gasteiger partial charge in [-0.15, -0.1) is 11.3 Å². The van der Waals surface area contributed by atoms with Crippen LogP contribution in [0.2, 0.25) is 0 Å². The number of aryl methyl sites for hydroxylation is 1. The zero-order valence-corrected chi connectivity index (χ0v) is 11.7. The van der Waals surface area contributed by atoms with Crippen LogP contribution in [0.4, 0.5) is 5.69 Å². The smallest absolute Gasteiger partial charge is 0.259 e. The molecule has 2 heterocycles. The van der Waals surface area contributed by atoms with E-state index in [0.717, 1.165) is 16.1 Å². The molecule has 1 aromatic carbocycles. The zero-order valence-electron chi connectivity index (χ0n) is 10.9. The molecule has 0 saturated carbocycles. The number of amides is 1. The van der Waals surface area contributed by atoms with E-state index in [-0.39, 0.29) is 5.91 Å². The fourth-order valence-electron chi connectivity index (χ4n) is 2.05. The molecule has 0 bridgehead atoms. The van der Waals surface area contributed by atoms with Crippen molar-refractivity contribution in [3.05, 3.63) is 65.4 Å². The second-order valence-corrected chi connectivity index (χ2v) is 5.32. The first-order chi connectivity index (χ1) is 9.75. The minimum absolute atomic E-state index is 0.153. The first kappa shape index (κ1) is 12.7. The van der Waals surface area contributed by atoms with E-state index < -0.39 is 0 Å². The summed E-state index contributed by atoms with van der Waals surface area (Å²) in [6.07, 6.45) is 1.52. The number of rotatable bonds is 3. The summed E-state index contributed by atoms with van der Waals surface area (Å²) in [6.45, 7) is 1.78. The SMILES string of the molecule is Cc1occc1C(=O)Nc1ccccc1-c1cccs1. The Hall–Kier alpha value is -2.33. The van der Waals surface area contributed by atoms with E-state index in [1.54, 1.807) is 24.3 Å². The Morgan fingerprint density at radius 3 is 2.70 bits per heavy atom. The van der Waals surface area contributed by atoms with Crippen LogP contribution in [0.3, 0.4) is 0 Å². The van der Waals surface area contributed by atoms with Crippen LogP contribution < -0.4 is 5.32 Å². The maximum Gasteiger partial charge on any atom is 0.259 e. The predicted octanol–water partition coefficient (Wildman–Crippen LogP) is 4.57. The average Bonchev–Trinajstić information content (AvgIpc) is 3.10. The van der Waals surface area contributed by atoms with E-state index in [1.165, 1.54) is 6.26 Å². The van der Waals surface area contributed by atoms with E-state index in [9.17, 15) is 4.79 Å². The van der Waals surface area contributed by atoms with E-state index in [2.05, 4.69) is 5.32 Å². The first-order valence-corrected chi connectivity index (χ1v) is 7.12. The van der Waals surface area contributed by atoms with E-state index in [1.807, 2.05) is 41.8 Å². The summed E-state index contributed by atoms with van der Waals surface area (Å²) in [6, 6.07) is 13.5. The van der Waals surface area contributed by atoms with Crippen molar-refractivity contribution in [2.45, 2.75) is 6.92 Å². The van der Waals surface area contributed by atoms with Gasteiger partial charge in [0.1, 0.15) is 5.76 Å². The molecule has 100 valence electrons. The lowest BCUT2D eigenvalue weighted by molar-refractivity contribution is 0.102. The molecule has 2 aromatic heterocycles. The quantitative estimate of drug-likeness (QED) is 0.765. The van der Waals surface area contributed by atoms with E-state index >= 15 is 0 Å². The molecule has 1 N–H and O–H groups in total. The Bertz CT molecular complexity index is 729. The molecule has 0 aliphatic heterocycles. The standard InChI is InChI=1S/C16H13NO2S/c1-11-12(8-9-19-11)16(18)17-14-6-3-2-5-13(14)15-7-4-10-20-15/h2-10H,1H3,(H,17,18). The highest BCUT2D eigenvalue weighted by Gasteiger charge is 2.14. The molecule has 4 heteroatoms. The minimum atomic E-state index is -0.153. The molecule has 20 heavy (non-hydrogen) atoms. The van der Waals surface area contributed by atoms with Gasteiger partial charge in [0, 0.05) is 16.1 Å². The fraction of sp³-hybridized carbons (Fsp3) is 0.0625. The van der Waals surface area contributed by atoms with Crippen LogP contribution in [0.25, 0.3) is 10.4 Å². The highest BCUT2D eigenvalue weighted by atomic mass is 32.1. The number of anilines is 1. The Labute approximate surface area is 120 Å². The molecule has 0 atom stereocenters. The van der Waals surface area contributed by atoms with Crippen molar-refractivity contribution in [3.8, 4) is 10.4 Å². The van der Waals surface area contributed by atoms with Crippen molar-refractivity contribution < 1.29 is 9.21 Å². The van der Waals surface area contributed by atoms with Gasteiger partial charge in [0.05, 0.1) is 11.8 Å². The maximum atomic E-state index is 12.3. The maximum absolute atomic E-state index is 12.3. The zero-order chi connectivity index (χ0) is 13.9. The van der Waals surface area contributed by atoms with Crippen molar-refractivity contribution in [1.82, 2.24) is 0 Å². The summed E-state index contributed by atoms with van der Waals surface area (Å²) in [5.41, 5.74) is 2.39. The normalized spacial score (nSPS) is 10.4. The molecule has 0 aliphatic carbocycles. The summed E-state index contributed by atoms with van der Waals surface area (Å²) < 4.78 is 5.17. The van der Waals surface area contributed by atoms with Gasteiger partial charge in [-0.05, 0) is 30.5 Å². The van der Waals surface area contributed by atoms with Gasteiger partial charge >= 0.3 is 0 Å². The largest absolute Gasteiger partial charge is 0.469 e. The summed E-state index contributed by atoms with van der Waals surface area (Å²) in [4.78, 5) is 13.4. The first-order valence-electron chi connectivity index (χ1n) is 6.24. The molecule has 3 rings (SSSR count). The third kappa shape index (κ3) is 2.38. The summed E-state index contributed by atoms with van der Waals surface area (Å²) in [5.74, 6) is 0.469. The highest BCUT2D eigenvalue weighted by molar-refractivity contribution is 7.13. The van der Waals surface area contributed by atoms with Crippen molar-refractivity contribution in [2.75, 3.05) is 5.32 Å². The van der Waals surface area contributed by atoms with Crippen molar-refractivity contribution in [1.29, 1.82) is 0 Å². The lowest BCUT2D eigenvalue weighted by Crippen LogP contribution is -2.12. The van der Waals surface area contributed by atoms with Crippen molar-refractivity contribution in [2.24, 2.45) is 0 Å².